The van der Waals surface area contributed by atoms with Crippen LogP contribution in [0.1, 0.15) is 18.9 Å². The maximum atomic E-state index is 10.9. The number of rotatable bonds is 3. The van der Waals surface area contributed by atoms with Gasteiger partial charge in [-0.25, -0.2) is 0 Å². The number of hydrogen-bond acceptors (Lipinski definition) is 2. The Morgan fingerprint density at radius 1 is 1.25 bits per heavy atom. The number of carbonyl (C=O) groups excluding carboxylic acids is 1. The average Bonchev–Trinajstić information content (AvgIpc) is 2.26. The third-order valence-electron chi connectivity index (χ3n) is 2.67. The van der Waals surface area contributed by atoms with E-state index in [0.29, 0.717) is 12.8 Å². The van der Waals surface area contributed by atoms with E-state index in [0.717, 1.165) is 16.3 Å². The second-order valence-electron chi connectivity index (χ2n) is 4.04. The van der Waals surface area contributed by atoms with Crippen molar-refractivity contribution in [1.82, 2.24) is 0 Å². The molecule has 2 rings (SSSR count). The van der Waals surface area contributed by atoms with Gasteiger partial charge < -0.3 is 9.90 Å². The Bertz CT molecular complexity index is 529. The summed E-state index contributed by atoms with van der Waals surface area (Å²) in [4.78, 5) is 10.9. The standard InChI is InChI=1S/C14H14O2/c1-10(15)6-7-11-8-12-4-2-3-5-13(12)14(16)9-11/h2-5,8-9,16H,6-7H2,1H3. The number of phenols is 1. The van der Waals surface area contributed by atoms with Crippen LogP contribution in [0.5, 0.6) is 5.75 Å². The van der Waals surface area contributed by atoms with Gasteiger partial charge in [-0.2, -0.15) is 0 Å². The first-order chi connectivity index (χ1) is 7.66. The molecule has 0 aliphatic heterocycles. The highest BCUT2D eigenvalue weighted by molar-refractivity contribution is 5.88. The van der Waals surface area contributed by atoms with Gasteiger partial charge in [-0.15, -0.1) is 0 Å². The molecule has 0 spiro atoms. The number of Topliss-reactive ketones (excluding diaryl/α,β-unsaturated/α-hetero) is 1. The van der Waals surface area contributed by atoms with Crippen LogP contribution < -0.4 is 0 Å². The lowest BCUT2D eigenvalue weighted by Gasteiger charge is -2.05. The molecule has 82 valence electrons. The largest absolute Gasteiger partial charge is 0.507 e. The summed E-state index contributed by atoms with van der Waals surface area (Å²) in [6.45, 7) is 1.58. The van der Waals surface area contributed by atoms with Crippen molar-refractivity contribution in [3.8, 4) is 5.75 Å². The molecule has 2 aromatic carbocycles. The number of carbonyl (C=O) groups is 1. The number of ketones is 1. The SMILES string of the molecule is CC(=O)CCc1cc(O)c2ccccc2c1. The summed E-state index contributed by atoms with van der Waals surface area (Å²) in [5, 5.41) is 11.7. The zero-order valence-corrected chi connectivity index (χ0v) is 9.23. The van der Waals surface area contributed by atoms with E-state index in [2.05, 4.69) is 0 Å². The van der Waals surface area contributed by atoms with Gasteiger partial charge in [0.25, 0.3) is 0 Å². The van der Waals surface area contributed by atoms with Crippen LogP contribution in [0, 0.1) is 0 Å². The lowest BCUT2D eigenvalue weighted by atomic mass is 10.0. The first-order valence-corrected chi connectivity index (χ1v) is 5.37. The van der Waals surface area contributed by atoms with Gasteiger partial charge in [0.15, 0.2) is 0 Å². The minimum atomic E-state index is 0.174. The maximum Gasteiger partial charge on any atom is 0.130 e. The Hall–Kier alpha value is -1.83. The summed E-state index contributed by atoms with van der Waals surface area (Å²) in [6.07, 6.45) is 1.21. The van der Waals surface area contributed by atoms with Crippen LogP contribution in [-0.2, 0) is 11.2 Å². The molecule has 16 heavy (non-hydrogen) atoms. The van der Waals surface area contributed by atoms with Crippen LogP contribution in [0.3, 0.4) is 0 Å². The Morgan fingerprint density at radius 3 is 2.75 bits per heavy atom. The van der Waals surface area contributed by atoms with Crippen molar-refractivity contribution in [3.05, 3.63) is 42.0 Å². The molecule has 0 aliphatic carbocycles. The summed E-state index contributed by atoms with van der Waals surface area (Å²) in [5.41, 5.74) is 1.01. The summed E-state index contributed by atoms with van der Waals surface area (Å²) >= 11 is 0. The topological polar surface area (TPSA) is 37.3 Å². The van der Waals surface area contributed by atoms with Crippen molar-refractivity contribution in [2.24, 2.45) is 0 Å². The third-order valence-corrected chi connectivity index (χ3v) is 2.67. The molecule has 0 aliphatic rings. The number of fused-ring (bicyclic) bond motifs is 1. The van der Waals surface area contributed by atoms with E-state index < -0.39 is 0 Å². The maximum absolute atomic E-state index is 10.9. The lowest BCUT2D eigenvalue weighted by molar-refractivity contribution is -0.116. The monoisotopic (exact) mass is 214 g/mol. The predicted molar refractivity (Wildman–Crippen MR) is 64.6 cm³/mol. The zero-order valence-electron chi connectivity index (χ0n) is 9.23. The first-order valence-electron chi connectivity index (χ1n) is 5.37. The van der Waals surface area contributed by atoms with Crippen molar-refractivity contribution in [2.45, 2.75) is 19.8 Å². The highest BCUT2D eigenvalue weighted by Crippen LogP contribution is 2.26. The summed E-state index contributed by atoms with van der Waals surface area (Å²) in [5.74, 6) is 0.462. The molecule has 1 N–H and O–H groups in total. The van der Waals surface area contributed by atoms with Gasteiger partial charge in [0.2, 0.25) is 0 Å². The van der Waals surface area contributed by atoms with Crippen LogP contribution in [0.4, 0.5) is 0 Å². The van der Waals surface area contributed by atoms with Gasteiger partial charge in [0.1, 0.15) is 11.5 Å². The molecule has 0 bridgehead atoms. The molecular weight excluding hydrogens is 200 g/mol. The molecule has 0 fully saturated rings. The minimum Gasteiger partial charge on any atom is -0.507 e. The third kappa shape index (κ3) is 2.22. The number of benzene rings is 2. The quantitative estimate of drug-likeness (QED) is 0.852. The lowest BCUT2D eigenvalue weighted by Crippen LogP contribution is -1.94. The second kappa shape index (κ2) is 4.35. The average molecular weight is 214 g/mol. The highest BCUT2D eigenvalue weighted by Gasteiger charge is 2.03. The Balaban J connectivity index is 2.38. The van der Waals surface area contributed by atoms with Crippen molar-refractivity contribution >= 4 is 16.6 Å². The van der Waals surface area contributed by atoms with Crippen molar-refractivity contribution < 1.29 is 9.90 Å². The molecule has 0 saturated carbocycles. The molecule has 0 amide bonds. The van der Waals surface area contributed by atoms with E-state index in [4.69, 9.17) is 0 Å². The fraction of sp³-hybridized carbons (Fsp3) is 0.214. The van der Waals surface area contributed by atoms with Crippen LogP contribution in [-0.4, -0.2) is 10.9 Å². The summed E-state index contributed by atoms with van der Waals surface area (Å²) in [7, 11) is 0. The van der Waals surface area contributed by atoms with Crippen LogP contribution >= 0.6 is 0 Å². The van der Waals surface area contributed by atoms with E-state index in [1.54, 1.807) is 13.0 Å². The van der Waals surface area contributed by atoms with Gasteiger partial charge in [-0.1, -0.05) is 30.3 Å². The van der Waals surface area contributed by atoms with E-state index in [1.807, 2.05) is 30.3 Å². The second-order valence-corrected chi connectivity index (χ2v) is 4.04. The smallest absolute Gasteiger partial charge is 0.130 e. The first kappa shape index (κ1) is 10.7. The van der Waals surface area contributed by atoms with E-state index >= 15 is 0 Å². The fourth-order valence-electron chi connectivity index (χ4n) is 1.82. The van der Waals surface area contributed by atoms with Crippen molar-refractivity contribution in [1.29, 1.82) is 0 Å². The Kier molecular flexibility index (Phi) is 2.91. The predicted octanol–water partition coefficient (Wildman–Crippen LogP) is 3.07. The molecule has 0 aromatic heterocycles. The Morgan fingerprint density at radius 2 is 2.00 bits per heavy atom. The van der Waals surface area contributed by atoms with Gasteiger partial charge in [0.05, 0.1) is 0 Å². The number of phenolic OH excluding ortho intramolecular Hbond substituents is 1. The van der Waals surface area contributed by atoms with Gasteiger partial charge >= 0.3 is 0 Å². The number of aromatic hydroxyl groups is 1. The highest BCUT2D eigenvalue weighted by atomic mass is 16.3. The van der Waals surface area contributed by atoms with Gasteiger partial charge in [0, 0.05) is 11.8 Å². The Labute approximate surface area is 94.5 Å². The van der Waals surface area contributed by atoms with E-state index in [1.165, 1.54) is 0 Å². The normalized spacial score (nSPS) is 10.6. The van der Waals surface area contributed by atoms with Crippen LogP contribution in [0.15, 0.2) is 36.4 Å². The molecule has 2 aromatic rings. The van der Waals surface area contributed by atoms with E-state index in [-0.39, 0.29) is 11.5 Å². The van der Waals surface area contributed by atoms with Crippen molar-refractivity contribution in [3.63, 3.8) is 0 Å². The van der Waals surface area contributed by atoms with E-state index in [9.17, 15) is 9.90 Å². The molecule has 0 saturated heterocycles. The van der Waals surface area contributed by atoms with Crippen LogP contribution in [0.2, 0.25) is 0 Å². The number of aryl methyl sites for hydroxylation is 1. The molecule has 2 nitrogen and oxygen atoms in total. The minimum absolute atomic E-state index is 0.174. The van der Waals surface area contributed by atoms with Crippen molar-refractivity contribution in [2.75, 3.05) is 0 Å². The summed E-state index contributed by atoms with van der Waals surface area (Å²) < 4.78 is 0. The summed E-state index contributed by atoms with van der Waals surface area (Å²) in [6, 6.07) is 11.5. The molecule has 0 radical (unpaired) electrons. The molecule has 0 atom stereocenters. The van der Waals surface area contributed by atoms with Gasteiger partial charge in [-0.3, -0.25) is 0 Å². The molecule has 0 unspecified atom stereocenters. The van der Waals surface area contributed by atoms with Gasteiger partial charge in [-0.05, 0) is 30.4 Å². The molecule has 0 heterocycles. The number of hydrogen-bond donors (Lipinski definition) is 1. The zero-order chi connectivity index (χ0) is 11.5. The fourth-order valence-corrected chi connectivity index (χ4v) is 1.82. The van der Waals surface area contributed by atoms with Crippen LogP contribution in [0.25, 0.3) is 10.8 Å². The molecular formula is C14H14O2. The molecule has 2 heteroatoms.